The van der Waals surface area contributed by atoms with Crippen molar-refractivity contribution in [1.82, 2.24) is 9.97 Å². The van der Waals surface area contributed by atoms with Crippen LogP contribution >= 0.6 is 0 Å². The number of benzene rings is 1. The molecular formula is C19H23N5O2. The van der Waals surface area contributed by atoms with E-state index in [0.717, 1.165) is 18.7 Å². The molecule has 136 valence electrons. The number of rotatable bonds is 5. The van der Waals surface area contributed by atoms with Crippen molar-refractivity contribution in [3.05, 3.63) is 48.2 Å². The topological polar surface area (TPSA) is 70.6 Å². The second-order valence-corrected chi connectivity index (χ2v) is 6.13. The molecule has 2 heterocycles. The lowest BCUT2D eigenvalue weighted by Crippen LogP contribution is -2.37. The number of aromatic nitrogens is 2. The molecule has 1 saturated heterocycles. The Bertz CT molecular complexity index is 771. The highest BCUT2D eigenvalue weighted by Crippen LogP contribution is 2.24. The van der Waals surface area contributed by atoms with Crippen molar-refractivity contribution in [3.8, 4) is 0 Å². The van der Waals surface area contributed by atoms with E-state index in [-0.39, 0.29) is 5.91 Å². The number of anilines is 3. The molecule has 0 unspecified atom stereocenters. The zero-order valence-corrected chi connectivity index (χ0v) is 15.1. The van der Waals surface area contributed by atoms with E-state index < -0.39 is 0 Å². The van der Waals surface area contributed by atoms with Crippen LogP contribution < -0.4 is 15.1 Å². The van der Waals surface area contributed by atoms with E-state index >= 15 is 0 Å². The molecule has 26 heavy (non-hydrogen) atoms. The zero-order valence-electron chi connectivity index (χ0n) is 15.1. The third kappa shape index (κ3) is 4.58. The number of hydrogen-bond acceptors (Lipinski definition) is 6. The Balaban J connectivity index is 1.74. The fourth-order valence-electron chi connectivity index (χ4n) is 2.62. The summed E-state index contributed by atoms with van der Waals surface area (Å²) in [7, 11) is 3.78. The second-order valence-electron chi connectivity index (χ2n) is 6.13. The molecule has 2 aromatic rings. The van der Waals surface area contributed by atoms with Gasteiger partial charge in [0.2, 0.25) is 11.9 Å². The van der Waals surface area contributed by atoms with Gasteiger partial charge in [-0.2, -0.15) is 4.98 Å². The zero-order chi connectivity index (χ0) is 18.4. The smallest absolute Gasteiger partial charge is 0.248 e. The van der Waals surface area contributed by atoms with Gasteiger partial charge in [-0.1, -0.05) is 30.3 Å². The van der Waals surface area contributed by atoms with Gasteiger partial charge in [-0.3, -0.25) is 4.79 Å². The SMILES string of the molecule is CN(C)c1nc(N2CCOCC2)ncc1NC(=O)/C=C/c1ccccc1. The summed E-state index contributed by atoms with van der Waals surface area (Å²) in [4.78, 5) is 25.2. The molecule has 1 amide bonds. The summed E-state index contributed by atoms with van der Waals surface area (Å²) >= 11 is 0. The Morgan fingerprint density at radius 1 is 1.23 bits per heavy atom. The predicted octanol–water partition coefficient (Wildman–Crippen LogP) is 2.03. The van der Waals surface area contributed by atoms with Crippen LogP contribution in [0, 0.1) is 0 Å². The van der Waals surface area contributed by atoms with Gasteiger partial charge >= 0.3 is 0 Å². The molecule has 1 aromatic heterocycles. The number of carbonyl (C=O) groups is 1. The van der Waals surface area contributed by atoms with E-state index in [9.17, 15) is 4.79 Å². The summed E-state index contributed by atoms with van der Waals surface area (Å²) in [6.07, 6.45) is 4.93. The lowest BCUT2D eigenvalue weighted by Gasteiger charge is -2.28. The van der Waals surface area contributed by atoms with Crippen LogP contribution in [0.3, 0.4) is 0 Å². The molecule has 0 radical (unpaired) electrons. The Kier molecular flexibility index (Phi) is 5.80. The monoisotopic (exact) mass is 353 g/mol. The van der Waals surface area contributed by atoms with Gasteiger partial charge < -0.3 is 19.9 Å². The number of nitrogens with one attached hydrogen (secondary N) is 1. The summed E-state index contributed by atoms with van der Waals surface area (Å²) in [6.45, 7) is 2.86. The van der Waals surface area contributed by atoms with Gasteiger partial charge in [0.25, 0.3) is 0 Å². The number of carbonyl (C=O) groups excluding carboxylic acids is 1. The molecule has 1 aliphatic rings. The number of morpholine rings is 1. The van der Waals surface area contributed by atoms with Crippen molar-refractivity contribution in [1.29, 1.82) is 0 Å². The molecule has 0 atom stereocenters. The predicted molar refractivity (Wildman–Crippen MR) is 103 cm³/mol. The minimum absolute atomic E-state index is 0.223. The Morgan fingerprint density at radius 2 is 1.96 bits per heavy atom. The van der Waals surface area contributed by atoms with Crippen molar-refractivity contribution in [2.45, 2.75) is 0 Å². The van der Waals surface area contributed by atoms with Crippen LogP contribution in [0.4, 0.5) is 17.5 Å². The second kappa shape index (κ2) is 8.44. The van der Waals surface area contributed by atoms with Gasteiger partial charge in [-0.15, -0.1) is 0 Å². The van der Waals surface area contributed by atoms with Crippen molar-refractivity contribution in [2.24, 2.45) is 0 Å². The number of nitrogens with zero attached hydrogens (tertiary/aromatic N) is 4. The van der Waals surface area contributed by atoms with Crippen molar-refractivity contribution in [3.63, 3.8) is 0 Å². The van der Waals surface area contributed by atoms with Gasteiger partial charge in [0, 0.05) is 33.3 Å². The summed E-state index contributed by atoms with van der Waals surface area (Å²) < 4.78 is 5.37. The number of ether oxygens (including phenoxy) is 1. The van der Waals surface area contributed by atoms with Crippen LogP contribution in [0.2, 0.25) is 0 Å². The number of hydrogen-bond donors (Lipinski definition) is 1. The van der Waals surface area contributed by atoms with Crippen LogP contribution in [0.15, 0.2) is 42.6 Å². The molecule has 0 aliphatic carbocycles. The van der Waals surface area contributed by atoms with Gasteiger partial charge in [-0.05, 0) is 11.6 Å². The van der Waals surface area contributed by atoms with Crippen molar-refractivity contribution >= 4 is 29.4 Å². The molecule has 0 bridgehead atoms. The maximum absolute atomic E-state index is 12.2. The third-order valence-corrected chi connectivity index (χ3v) is 3.96. The molecule has 3 rings (SSSR count). The highest BCUT2D eigenvalue weighted by Gasteiger charge is 2.17. The highest BCUT2D eigenvalue weighted by molar-refractivity contribution is 6.03. The Hall–Kier alpha value is -2.93. The van der Waals surface area contributed by atoms with Crippen LogP contribution in [0.25, 0.3) is 6.08 Å². The molecule has 1 N–H and O–H groups in total. The number of amides is 1. The van der Waals surface area contributed by atoms with Crippen LogP contribution in [0.5, 0.6) is 0 Å². The van der Waals surface area contributed by atoms with Crippen LogP contribution in [-0.2, 0) is 9.53 Å². The molecule has 1 aromatic carbocycles. The average molecular weight is 353 g/mol. The molecular weight excluding hydrogens is 330 g/mol. The molecule has 0 saturated carbocycles. The van der Waals surface area contributed by atoms with E-state index in [1.54, 1.807) is 12.3 Å². The van der Waals surface area contributed by atoms with Gasteiger partial charge in [0.15, 0.2) is 5.82 Å². The van der Waals surface area contributed by atoms with E-state index in [0.29, 0.717) is 30.7 Å². The van der Waals surface area contributed by atoms with Crippen LogP contribution in [-0.4, -0.2) is 56.3 Å². The first-order valence-corrected chi connectivity index (χ1v) is 8.54. The summed E-state index contributed by atoms with van der Waals surface area (Å²) in [5.41, 5.74) is 1.55. The molecule has 1 fully saturated rings. The fourth-order valence-corrected chi connectivity index (χ4v) is 2.62. The van der Waals surface area contributed by atoms with Gasteiger partial charge in [0.05, 0.1) is 19.4 Å². The molecule has 1 aliphatic heterocycles. The lowest BCUT2D eigenvalue weighted by atomic mass is 10.2. The highest BCUT2D eigenvalue weighted by atomic mass is 16.5. The first kappa shape index (κ1) is 17.9. The van der Waals surface area contributed by atoms with Gasteiger partial charge in [-0.25, -0.2) is 4.98 Å². The summed E-state index contributed by atoms with van der Waals surface area (Å²) in [5, 5.41) is 2.86. The van der Waals surface area contributed by atoms with Crippen molar-refractivity contribution in [2.75, 3.05) is 55.5 Å². The molecule has 7 nitrogen and oxygen atoms in total. The van der Waals surface area contributed by atoms with E-state index in [1.165, 1.54) is 6.08 Å². The quantitative estimate of drug-likeness (QED) is 0.830. The first-order chi connectivity index (χ1) is 12.6. The Labute approximate surface area is 153 Å². The molecule has 0 spiro atoms. The first-order valence-electron chi connectivity index (χ1n) is 8.54. The average Bonchev–Trinajstić information content (AvgIpc) is 2.68. The van der Waals surface area contributed by atoms with E-state index in [4.69, 9.17) is 4.74 Å². The molecule has 7 heteroatoms. The third-order valence-electron chi connectivity index (χ3n) is 3.96. The minimum atomic E-state index is -0.223. The summed E-state index contributed by atoms with van der Waals surface area (Å²) in [6, 6.07) is 9.68. The minimum Gasteiger partial charge on any atom is -0.378 e. The maximum Gasteiger partial charge on any atom is 0.248 e. The Morgan fingerprint density at radius 3 is 2.65 bits per heavy atom. The normalized spacial score (nSPS) is 14.5. The maximum atomic E-state index is 12.2. The fraction of sp³-hybridized carbons (Fsp3) is 0.316. The standard InChI is InChI=1S/C19H23N5O2/c1-23(2)18-16(14-20-19(22-18)24-10-12-26-13-11-24)21-17(25)9-8-15-6-4-3-5-7-15/h3-9,14H,10-13H2,1-2H3,(H,21,25)/b9-8+. The van der Waals surface area contributed by atoms with E-state index in [2.05, 4.69) is 20.2 Å². The van der Waals surface area contributed by atoms with Gasteiger partial charge in [0.1, 0.15) is 5.69 Å². The van der Waals surface area contributed by atoms with Crippen molar-refractivity contribution < 1.29 is 9.53 Å². The van der Waals surface area contributed by atoms with Crippen LogP contribution in [0.1, 0.15) is 5.56 Å². The lowest BCUT2D eigenvalue weighted by molar-refractivity contribution is -0.111. The summed E-state index contributed by atoms with van der Waals surface area (Å²) in [5.74, 6) is 1.09. The van der Waals surface area contributed by atoms with E-state index in [1.807, 2.05) is 49.3 Å². The largest absolute Gasteiger partial charge is 0.378 e.